The monoisotopic (exact) mass is 438 g/mol. The Bertz CT molecular complexity index is 1110. The molecule has 0 bridgehead atoms. The number of nitrogens with zero attached hydrogens (tertiary/aromatic N) is 1. The summed E-state index contributed by atoms with van der Waals surface area (Å²) in [6, 6.07) is 7.86. The number of aryl methyl sites for hydroxylation is 2. The third-order valence-electron chi connectivity index (χ3n) is 5.26. The van der Waals surface area contributed by atoms with Crippen LogP contribution < -0.4 is 4.72 Å². The molecule has 0 spiro atoms. The second-order valence-corrected chi connectivity index (χ2v) is 10.8. The minimum Gasteiger partial charge on any atom is -0.379 e. The van der Waals surface area contributed by atoms with Crippen LogP contribution in [0.4, 0.5) is 5.69 Å². The summed E-state index contributed by atoms with van der Waals surface area (Å²) in [6.45, 7) is 8.53. The standard InChI is InChI=1S/C20H26N2O5S2/c1-14-12-15(2)17(4)20(16(14)3)28(23,24)21-18-6-5-7-19(13-18)29(25,26)22-8-10-27-11-9-22/h5-7,12-13,21H,8-11H2,1-4H3. The third kappa shape index (κ3) is 4.32. The molecule has 0 unspecified atom stereocenters. The zero-order chi connectivity index (χ0) is 21.4. The van der Waals surface area contributed by atoms with E-state index in [0.29, 0.717) is 24.3 Å². The van der Waals surface area contributed by atoms with Crippen molar-refractivity contribution >= 4 is 25.7 Å². The van der Waals surface area contributed by atoms with Gasteiger partial charge in [-0.2, -0.15) is 4.31 Å². The Hall–Kier alpha value is -1.94. The van der Waals surface area contributed by atoms with Crippen LogP contribution in [0.15, 0.2) is 40.1 Å². The Morgan fingerprint density at radius 2 is 1.48 bits per heavy atom. The number of morpholine rings is 1. The van der Waals surface area contributed by atoms with E-state index in [4.69, 9.17) is 4.74 Å². The average Bonchev–Trinajstić information content (AvgIpc) is 2.67. The maximum absolute atomic E-state index is 13.1. The highest BCUT2D eigenvalue weighted by Crippen LogP contribution is 2.29. The lowest BCUT2D eigenvalue weighted by atomic mass is 10.0. The fourth-order valence-electron chi connectivity index (χ4n) is 3.45. The van der Waals surface area contributed by atoms with Crippen LogP contribution in [0.25, 0.3) is 0 Å². The van der Waals surface area contributed by atoms with E-state index in [0.717, 1.165) is 11.1 Å². The van der Waals surface area contributed by atoms with Crippen LogP contribution in [-0.4, -0.2) is 47.4 Å². The van der Waals surface area contributed by atoms with Gasteiger partial charge in [-0.15, -0.1) is 0 Å². The van der Waals surface area contributed by atoms with Gasteiger partial charge in [-0.05, 0) is 68.1 Å². The molecule has 2 aromatic rings. The van der Waals surface area contributed by atoms with Crippen molar-refractivity contribution in [1.29, 1.82) is 0 Å². The Morgan fingerprint density at radius 3 is 2.07 bits per heavy atom. The van der Waals surface area contributed by atoms with E-state index in [1.54, 1.807) is 19.9 Å². The molecule has 1 saturated heterocycles. The molecular formula is C20H26N2O5S2. The minimum absolute atomic E-state index is 0.0495. The smallest absolute Gasteiger partial charge is 0.262 e. The normalized spacial score (nSPS) is 16.0. The molecule has 2 aromatic carbocycles. The van der Waals surface area contributed by atoms with Gasteiger partial charge in [-0.25, -0.2) is 16.8 Å². The number of rotatable bonds is 5. The number of ether oxygens (including phenoxy) is 1. The lowest BCUT2D eigenvalue weighted by Gasteiger charge is -2.26. The highest BCUT2D eigenvalue weighted by molar-refractivity contribution is 7.92. The first kappa shape index (κ1) is 21.8. The topological polar surface area (TPSA) is 92.8 Å². The minimum atomic E-state index is -3.89. The highest BCUT2D eigenvalue weighted by atomic mass is 32.2. The average molecular weight is 439 g/mol. The van der Waals surface area contributed by atoms with Crippen LogP contribution in [0.1, 0.15) is 22.3 Å². The molecule has 1 N–H and O–H groups in total. The Kier molecular flexibility index (Phi) is 6.05. The summed E-state index contributed by atoms with van der Waals surface area (Å²) in [5.41, 5.74) is 3.34. The zero-order valence-corrected chi connectivity index (χ0v) is 18.7. The van der Waals surface area contributed by atoms with E-state index in [1.807, 2.05) is 19.9 Å². The molecule has 9 heteroatoms. The van der Waals surface area contributed by atoms with Crippen molar-refractivity contribution in [3.8, 4) is 0 Å². The first-order valence-electron chi connectivity index (χ1n) is 9.32. The van der Waals surface area contributed by atoms with Crippen LogP contribution in [0.5, 0.6) is 0 Å². The molecule has 0 radical (unpaired) electrons. The van der Waals surface area contributed by atoms with E-state index in [1.165, 1.54) is 22.5 Å². The Morgan fingerprint density at radius 1 is 0.897 bits per heavy atom. The second-order valence-electron chi connectivity index (χ2n) is 7.24. The van der Waals surface area contributed by atoms with Crippen molar-refractivity contribution in [3.05, 3.63) is 52.6 Å². The van der Waals surface area contributed by atoms with Gasteiger partial charge in [0.25, 0.3) is 10.0 Å². The van der Waals surface area contributed by atoms with Crippen LogP contribution in [0, 0.1) is 27.7 Å². The fraction of sp³-hybridized carbons (Fsp3) is 0.400. The Balaban J connectivity index is 1.97. The van der Waals surface area contributed by atoms with E-state index in [2.05, 4.69) is 4.72 Å². The molecule has 0 amide bonds. The van der Waals surface area contributed by atoms with Crippen molar-refractivity contribution in [2.24, 2.45) is 0 Å². The maximum Gasteiger partial charge on any atom is 0.262 e. The van der Waals surface area contributed by atoms with Crippen molar-refractivity contribution < 1.29 is 21.6 Å². The maximum atomic E-state index is 13.1. The van der Waals surface area contributed by atoms with E-state index in [-0.39, 0.29) is 28.6 Å². The van der Waals surface area contributed by atoms with Gasteiger partial charge < -0.3 is 4.74 Å². The molecule has 0 aliphatic carbocycles. The van der Waals surface area contributed by atoms with E-state index in [9.17, 15) is 16.8 Å². The fourth-order valence-corrected chi connectivity index (χ4v) is 6.57. The van der Waals surface area contributed by atoms with Gasteiger partial charge in [0, 0.05) is 13.1 Å². The number of anilines is 1. The quantitative estimate of drug-likeness (QED) is 0.775. The highest BCUT2D eigenvalue weighted by Gasteiger charge is 2.27. The van der Waals surface area contributed by atoms with Crippen molar-refractivity contribution in [3.63, 3.8) is 0 Å². The van der Waals surface area contributed by atoms with Gasteiger partial charge >= 0.3 is 0 Å². The van der Waals surface area contributed by atoms with Crippen LogP contribution in [0.2, 0.25) is 0 Å². The summed E-state index contributed by atoms with van der Waals surface area (Å²) in [6.07, 6.45) is 0. The predicted octanol–water partition coefficient (Wildman–Crippen LogP) is 2.74. The molecule has 1 heterocycles. The van der Waals surface area contributed by atoms with Gasteiger partial charge in [0.2, 0.25) is 10.0 Å². The van der Waals surface area contributed by atoms with E-state index >= 15 is 0 Å². The number of nitrogens with one attached hydrogen (secondary N) is 1. The molecule has 1 fully saturated rings. The molecule has 29 heavy (non-hydrogen) atoms. The van der Waals surface area contributed by atoms with Crippen molar-refractivity contribution in [2.45, 2.75) is 37.5 Å². The second kappa shape index (κ2) is 8.06. The van der Waals surface area contributed by atoms with E-state index < -0.39 is 20.0 Å². The van der Waals surface area contributed by atoms with Crippen LogP contribution in [-0.2, 0) is 24.8 Å². The first-order valence-corrected chi connectivity index (χ1v) is 12.2. The summed E-state index contributed by atoms with van der Waals surface area (Å²) in [7, 11) is -7.60. The number of hydrogen-bond donors (Lipinski definition) is 1. The molecule has 7 nitrogen and oxygen atoms in total. The first-order chi connectivity index (χ1) is 13.5. The lowest BCUT2D eigenvalue weighted by Crippen LogP contribution is -2.40. The van der Waals surface area contributed by atoms with Crippen molar-refractivity contribution in [1.82, 2.24) is 4.31 Å². The molecule has 0 aromatic heterocycles. The summed E-state index contributed by atoms with van der Waals surface area (Å²) < 4.78 is 61.1. The molecule has 158 valence electrons. The number of benzene rings is 2. The lowest BCUT2D eigenvalue weighted by molar-refractivity contribution is 0.0730. The third-order valence-corrected chi connectivity index (χ3v) is 8.81. The zero-order valence-electron chi connectivity index (χ0n) is 17.0. The van der Waals surface area contributed by atoms with Crippen LogP contribution >= 0.6 is 0 Å². The van der Waals surface area contributed by atoms with Crippen molar-refractivity contribution in [2.75, 3.05) is 31.0 Å². The molecule has 1 aliphatic heterocycles. The summed E-state index contributed by atoms with van der Waals surface area (Å²) in [5.74, 6) is 0. The number of sulfonamides is 2. The summed E-state index contributed by atoms with van der Waals surface area (Å²) in [5, 5.41) is 0. The summed E-state index contributed by atoms with van der Waals surface area (Å²) in [4.78, 5) is 0.282. The van der Waals surface area contributed by atoms with Gasteiger partial charge in [-0.1, -0.05) is 12.1 Å². The Labute approximate surface area is 172 Å². The van der Waals surface area contributed by atoms with Gasteiger partial charge in [0.1, 0.15) is 0 Å². The van der Waals surface area contributed by atoms with Gasteiger partial charge in [0.15, 0.2) is 0 Å². The predicted molar refractivity (Wildman–Crippen MR) is 112 cm³/mol. The molecule has 0 saturated carbocycles. The molecule has 3 rings (SSSR count). The molecule has 1 aliphatic rings. The van der Waals surface area contributed by atoms with Gasteiger partial charge in [-0.3, -0.25) is 4.72 Å². The van der Waals surface area contributed by atoms with Gasteiger partial charge in [0.05, 0.1) is 28.7 Å². The van der Waals surface area contributed by atoms with Crippen LogP contribution in [0.3, 0.4) is 0 Å². The SMILES string of the molecule is Cc1cc(C)c(C)c(S(=O)(=O)Nc2cccc(S(=O)(=O)N3CCOCC3)c2)c1C. The summed E-state index contributed by atoms with van der Waals surface area (Å²) >= 11 is 0. The number of hydrogen-bond acceptors (Lipinski definition) is 5. The molecular weight excluding hydrogens is 412 g/mol. The largest absolute Gasteiger partial charge is 0.379 e. The molecule has 0 atom stereocenters.